The fraction of sp³-hybridized carbons (Fsp3) is 0.357. The molecule has 0 bridgehead atoms. The average molecular weight is 278 g/mol. The van der Waals surface area contributed by atoms with E-state index >= 15 is 0 Å². The summed E-state index contributed by atoms with van der Waals surface area (Å²) in [4.78, 5) is 0. The third-order valence-electron chi connectivity index (χ3n) is 3.50. The van der Waals surface area contributed by atoms with Crippen LogP contribution >= 0.6 is 11.6 Å². The predicted octanol–water partition coefficient (Wildman–Crippen LogP) is 3.21. The van der Waals surface area contributed by atoms with Crippen LogP contribution in [0.4, 0.5) is 5.82 Å². The van der Waals surface area contributed by atoms with E-state index in [2.05, 4.69) is 10.2 Å². The molecule has 0 amide bonds. The van der Waals surface area contributed by atoms with Crippen LogP contribution in [-0.4, -0.2) is 23.4 Å². The second-order valence-corrected chi connectivity index (χ2v) is 5.26. The van der Waals surface area contributed by atoms with Gasteiger partial charge in [0.1, 0.15) is 0 Å². The molecule has 19 heavy (non-hydrogen) atoms. The Morgan fingerprint density at radius 2 is 2.32 bits per heavy atom. The van der Waals surface area contributed by atoms with Crippen molar-refractivity contribution in [2.45, 2.75) is 18.8 Å². The number of nitrogens with one attached hydrogen (secondary N) is 1. The van der Waals surface area contributed by atoms with Gasteiger partial charge in [0.2, 0.25) is 0 Å². The van der Waals surface area contributed by atoms with Crippen LogP contribution in [0.15, 0.2) is 24.3 Å². The van der Waals surface area contributed by atoms with E-state index in [9.17, 15) is 0 Å². The molecule has 4 nitrogen and oxygen atoms in total. The van der Waals surface area contributed by atoms with Crippen LogP contribution in [0.3, 0.4) is 0 Å². The van der Waals surface area contributed by atoms with Crippen molar-refractivity contribution >= 4 is 17.4 Å². The molecule has 0 spiro atoms. The third-order valence-corrected chi connectivity index (χ3v) is 3.74. The molecule has 1 aliphatic heterocycles. The van der Waals surface area contributed by atoms with Gasteiger partial charge in [-0.1, -0.05) is 23.7 Å². The second kappa shape index (κ2) is 5.23. The summed E-state index contributed by atoms with van der Waals surface area (Å²) in [5.41, 5.74) is 9.01. The molecule has 1 atom stereocenters. The van der Waals surface area contributed by atoms with Gasteiger partial charge >= 0.3 is 0 Å². The first-order valence-corrected chi connectivity index (χ1v) is 6.81. The van der Waals surface area contributed by atoms with Crippen molar-refractivity contribution in [1.82, 2.24) is 10.2 Å². The van der Waals surface area contributed by atoms with E-state index in [1.54, 1.807) is 0 Å². The molecule has 3 N–H and O–H groups in total. The number of H-pyrrole nitrogens is 1. The number of hydrogen-bond donors (Lipinski definition) is 2. The van der Waals surface area contributed by atoms with Gasteiger partial charge in [0, 0.05) is 23.1 Å². The topological polar surface area (TPSA) is 63.9 Å². The number of rotatable bonds is 2. The molecule has 0 saturated carbocycles. The standard InChI is InChI=1S/C14H16ClN3O/c15-11-5-1-3-9(7-11)12-13(17-18-14(12)16)10-4-2-6-19-8-10/h1,3,5,7,10H,2,4,6,8H2,(H3,16,17,18). The predicted molar refractivity (Wildman–Crippen MR) is 76.2 cm³/mol. The first-order chi connectivity index (χ1) is 9.25. The van der Waals surface area contributed by atoms with E-state index in [-0.39, 0.29) is 0 Å². The van der Waals surface area contributed by atoms with Crippen LogP contribution in [0.1, 0.15) is 24.5 Å². The Bertz CT molecular complexity index is 576. The molecule has 1 aromatic heterocycles. The highest BCUT2D eigenvalue weighted by atomic mass is 35.5. The maximum atomic E-state index is 6.06. The van der Waals surface area contributed by atoms with Crippen molar-refractivity contribution in [3.63, 3.8) is 0 Å². The zero-order chi connectivity index (χ0) is 13.2. The largest absolute Gasteiger partial charge is 0.382 e. The summed E-state index contributed by atoms with van der Waals surface area (Å²) in [7, 11) is 0. The lowest BCUT2D eigenvalue weighted by Crippen LogP contribution is -2.16. The summed E-state index contributed by atoms with van der Waals surface area (Å²) in [6, 6.07) is 7.69. The van der Waals surface area contributed by atoms with Gasteiger partial charge in [-0.2, -0.15) is 5.10 Å². The van der Waals surface area contributed by atoms with Gasteiger partial charge < -0.3 is 10.5 Å². The maximum absolute atomic E-state index is 6.06. The minimum atomic E-state index is 0.326. The monoisotopic (exact) mass is 277 g/mol. The van der Waals surface area contributed by atoms with Gasteiger partial charge in [-0.3, -0.25) is 5.10 Å². The number of anilines is 1. The Morgan fingerprint density at radius 1 is 1.42 bits per heavy atom. The fourth-order valence-electron chi connectivity index (χ4n) is 2.58. The number of benzene rings is 1. The van der Waals surface area contributed by atoms with Crippen LogP contribution in [0.25, 0.3) is 11.1 Å². The molecule has 5 heteroatoms. The number of aromatic amines is 1. The maximum Gasteiger partial charge on any atom is 0.153 e. The Labute approximate surface area is 116 Å². The van der Waals surface area contributed by atoms with Crippen molar-refractivity contribution in [1.29, 1.82) is 0 Å². The second-order valence-electron chi connectivity index (χ2n) is 4.82. The van der Waals surface area contributed by atoms with E-state index in [0.29, 0.717) is 16.8 Å². The quantitative estimate of drug-likeness (QED) is 0.886. The highest BCUT2D eigenvalue weighted by Gasteiger charge is 2.23. The summed E-state index contributed by atoms with van der Waals surface area (Å²) in [5.74, 6) is 0.843. The zero-order valence-electron chi connectivity index (χ0n) is 10.5. The lowest BCUT2D eigenvalue weighted by atomic mass is 9.93. The fourth-order valence-corrected chi connectivity index (χ4v) is 2.77. The number of ether oxygens (including phenoxy) is 1. The molecular formula is C14H16ClN3O. The number of halogens is 1. The van der Waals surface area contributed by atoms with Crippen LogP contribution < -0.4 is 5.73 Å². The number of nitrogens with two attached hydrogens (primary N) is 1. The number of nitrogens with zero attached hydrogens (tertiary/aromatic N) is 1. The van der Waals surface area contributed by atoms with E-state index in [4.69, 9.17) is 22.1 Å². The van der Waals surface area contributed by atoms with Crippen molar-refractivity contribution in [2.75, 3.05) is 18.9 Å². The SMILES string of the molecule is Nc1n[nH]c(C2CCCOC2)c1-c1cccc(Cl)c1. The molecule has 2 heterocycles. The lowest BCUT2D eigenvalue weighted by Gasteiger charge is -2.22. The van der Waals surface area contributed by atoms with Crippen LogP contribution in [0.5, 0.6) is 0 Å². The summed E-state index contributed by atoms with van der Waals surface area (Å²) in [5, 5.41) is 7.91. The van der Waals surface area contributed by atoms with Gasteiger partial charge in [0.25, 0.3) is 0 Å². The van der Waals surface area contributed by atoms with Gasteiger partial charge in [-0.15, -0.1) is 0 Å². The van der Waals surface area contributed by atoms with Crippen LogP contribution in [0.2, 0.25) is 5.02 Å². The molecule has 0 aliphatic carbocycles. The smallest absolute Gasteiger partial charge is 0.153 e. The van der Waals surface area contributed by atoms with Gasteiger partial charge in [0.15, 0.2) is 5.82 Å². The average Bonchev–Trinajstić information content (AvgIpc) is 2.82. The highest BCUT2D eigenvalue weighted by Crippen LogP contribution is 2.36. The van der Waals surface area contributed by atoms with Crippen molar-refractivity contribution < 1.29 is 4.74 Å². The number of aromatic nitrogens is 2. The first-order valence-electron chi connectivity index (χ1n) is 6.43. The molecule has 1 aliphatic rings. The van der Waals surface area contributed by atoms with Gasteiger partial charge in [-0.05, 0) is 30.5 Å². The van der Waals surface area contributed by atoms with E-state index in [1.807, 2.05) is 24.3 Å². The molecule has 2 aromatic rings. The molecule has 1 fully saturated rings. The number of nitrogen functional groups attached to an aromatic ring is 1. The van der Waals surface area contributed by atoms with E-state index < -0.39 is 0 Å². The molecule has 3 rings (SSSR count). The molecule has 1 unspecified atom stereocenters. The van der Waals surface area contributed by atoms with Crippen LogP contribution in [-0.2, 0) is 4.74 Å². The van der Waals surface area contributed by atoms with E-state index in [1.165, 1.54) is 0 Å². The Kier molecular flexibility index (Phi) is 3.44. The summed E-state index contributed by atoms with van der Waals surface area (Å²) < 4.78 is 5.55. The molecule has 100 valence electrons. The Balaban J connectivity index is 2.03. The summed E-state index contributed by atoms with van der Waals surface area (Å²) >= 11 is 6.06. The minimum absolute atomic E-state index is 0.326. The Hall–Kier alpha value is -1.52. The lowest BCUT2D eigenvalue weighted by molar-refractivity contribution is 0.0794. The summed E-state index contributed by atoms with van der Waals surface area (Å²) in [6.45, 7) is 1.56. The van der Waals surface area contributed by atoms with Crippen molar-refractivity contribution in [3.8, 4) is 11.1 Å². The minimum Gasteiger partial charge on any atom is -0.382 e. The molecule has 1 saturated heterocycles. The molecule has 1 aromatic carbocycles. The highest BCUT2D eigenvalue weighted by molar-refractivity contribution is 6.30. The van der Waals surface area contributed by atoms with Crippen LogP contribution in [0, 0.1) is 0 Å². The van der Waals surface area contributed by atoms with Gasteiger partial charge in [-0.25, -0.2) is 0 Å². The molecule has 0 radical (unpaired) electrons. The van der Waals surface area contributed by atoms with Gasteiger partial charge in [0.05, 0.1) is 12.3 Å². The zero-order valence-corrected chi connectivity index (χ0v) is 11.3. The normalized spacial score (nSPS) is 19.5. The summed E-state index contributed by atoms with van der Waals surface area (Å²) in [6.07, 6.45) is 2.16. The first kappa shape index (κ1) is 12.5. The Morgan fingerprint density at radius 3 is 3.05 bits per heavy atom. The number of hydrogen-bond acceptors (Lipinski definition) is 3. The molecular weight excluding hydrogens is 262 g/mol. The van der Waals surface area contributed by atoms with Crippen molar-refractivity contribution in [2.24, 2.45) is 0 Å². The third kappa shape index (κ3) is 2.46. The van der Waals surface area contributed by atoms with Crippen molar-refractivity contribution in [3.05, 3.63) is 35.0 Å². The van der Waals surface area contributed by atoms with E-state index in [0.717, 1.165) is 42.9 Å².